The topological polar surface area (TPSA) is 72.9 Å². The van der Waals surface area contributed by atoms with Gasteiger partial charge < -0.3 is 11.1 Å². The van der Waals surface area contributed by atoms with Gasteiger partial charge in [-0.2, -0.15) is 5.10 Å². The SMILES string of the molecule is CC(C)C[C@H](CN)CC(=O)NCc1ccnn1C. The second-order valence-electron chi connectivity index (χ2n) is 5.16. The van der Waals surface area contributed by atoms with Gasteiger partial charge in [-0.25, -0.2) is 0 Å². The fourth-order valence-electron chi connectivity index (χ4n) is 2.03. The molecule has 0 radical (unpaired) electrons. The summed E-state index contributed by atoms with van der Waals surface area (Å²) in [7, 11) is 1.86. The van der Waals surface area contributed by atoms with Gasteiger partial charge in [0.15, 0.2) is 0 Å². The van der Waals surface area contributed by atoms with Crippen molar-refractivity contribution in [3.05, 3.63) is 18.0 Å². The maximum Gasteiger partial charge on any atom is 0.220 e. The molecule has 0 aliphatic rings. The Kier molecular flexibility index (Phi) is 5.85. The van der Waals surface area contributed by atoms with Crippen LogP contribution in [-0.4, -0.2) is 22.2 Å². The number of nitrogens with zero attached hydrogens (tertiary/aromatic N) is 2. The van der Waals surface area contributed by atoms with Gasteiger partial charge in [-0.15, -0.1) is 0 Å². The third kappa shape index (κ3) is 4.87. The van der Waals surface area contributed by atoms with Crippen LogP contribution in [-0.2, 0) is 18.4 Å². The summed E-state index contributed by atoms with van der Waals surface area (Å²) in [5, 5.41) is 6.97. The molecule has 1 rings (SSSR count). The zero-order valence-electron chi connectivity index (χ0n) is 11.5. The van der Waals surface area contributed by atoms with Crippen LogP contribution >= 0.6 is 0 Å². The molecule has 0 aromatic carbocycles. The van der Waals surface area contributed by atoms with E-state index in [0.717, 1.165) is 12.1 Å². The van der Waals surface area contributed by atoms with Crippen molar-refractivity contribution in [3.63, 3.8) is 0 Å². The molecule has 0 saturated carbocycles. The summed E-state index contributed by atoms with van der Waals surface area (Å²) in [6, 6.07) is 1.90. The van der Waals surface area contributed by atoms with Crippen LogP contribution in [0.2, 0.25) is 0 Å². The van der Waals surface area contributed by atoms with Crippen LogP contribution in [0.15, 0.2) is 12.3 Å². The third-order valence-corrected chi connectivity index (χ3v) is 3.00. The summed E-state index contributed by atoms with van der Waals surface area (Å²) < 4.78 is 1.76. The van der Waals surface area contributed by atoms with Crippen molar-refractivity contribution >= 4 is 5.91 Å². The number of carbonyl (C=O) groups is 1. The number of hydrogen-bond acceptors (Lipinski definition) is 3. The van der Waals surface area contributed by atoms with E-state index in [-0.39, 0.29) is 11.8 Å². The lowest BCUT2D eigenvalue weighted by Crippen LogP contribution is -2.29. The van der Waals surface area contributed by atoms with Crippen LogP contribution in [0.1, 0.15) is 32.4 Å². The van der Waals surface area contributed by atoms with Gasteiger partial charge in [-0.05, 0) is 30.9 Å². The molecule has 1 atom stereocenters. The Bertz CT molecular complexity index is 373. The van der Waals surface area contributed by atoms with Crippen molar-refractivity contribution in [2.75, 3.05) is 6.54 Å². The largest absolute Gasteiger partial charge is 0.350 e. The molecule has 102 valence electrons. The molecule has 5 nitrogen and oxygen atoms in total. The predicted octanol–water partition coefficient (Wildman–Crippen LogP) is 1.05. The Hall–Kier alpha value is -1.36. The Labute approximate surface area is 109 Å². The molecule has 0 unspecified atom stereocenters. The van der Waals surface area contributed by atoms with Crippen LogP contribution in [0.5, 0.6) is 0 Å². The summed E-state index contributed by atoms with van der Waals surface area (Å²) >= 11 is 0. The van der Waals surface area contributed by atoms with Crippen LogP contribution in [0.25, 0.3) is 0 Å². The predicted molar refractivity (Wildman–Crippen MR) is 71.7 cm³/mol. The van der Waals surface area contributed by atoms with Crippen molar-refractivity contribution in [3.8, 4) is 0 Å². The molecule has 0 aliphatic heterocycles. The van der Waals surface area contributed by atoms with E-state index in [1.807, 2.05) is 13.1 Å². The van der Waals surface area contributed by atoms with E-state index < -0.39 is 0 Å². The first kappa shape index (κ1) is 14.7. The maximum atomic E-state index is 11.8. The molecule has 1 amide bonds. The van der Waals surface area contributed by atoms with E-state index in [0.29, 0.717) is 25.4 Å². The molecule has 18 heavy (non-hydrogen) atoms. The standard InChI is InChI=1S/C13H24N4O/c1-10(2)6-11(8-14)7-13(18)15-9-12-4-5-16-17(12)3/h4-5,10-11H,6-9,14H2,1-3H3,(H,15,18)/t11-/m0/s1. The minimum absolute atomic E-state index is 0.0623. The van der Waals surface area contributed by atoms with Gasteiger partial charge in [-0.1, -0.05) is 13.8 Å². The lowest BCUT2D eigenvalue weighted by molar-refractivity contribution is -0.122. The van der Waals surface area contributed by atoms with Crippen molar-refractivity contribution in [1.82, 2.24) is 15.1 Å². The van der Waals surface area contributed by atoms with Gasteiger partial charge >= 0.3 is 0 Å². The van der Waals surface area contributed by atoms with E-state index in [1.165, 1.54) is 0 Å². The summed E-state index contributed by atoms with van der Waals surface area (Å²) in [4.78, 5) is 11.8. The molecule has 1 aromatic heterocycles. The monoisotopic (exact) mass is 252 g/mol. The van der Waals surface area contributed by atoms with Gasteiger partial charge in [0.05, 0.1) is 12.2 Å². The average molecular weight is 252 g/mol. The summed E-state index contributed by atoms with van der Waals surface area (Å²) in [6.07, 6.45) is 3.23. The minimum atomic E-state index is 0.0623. The minimum Gasteiger partial charge on any atom is -0.350 e. The number of hydrogen-bond donors (Lipinski definition) is 2. The van der Waals surface area contributed by atoms with Crippen LogP contribution in [0.4, 0.5) is 0 Å². The molecule has 0 saturated heterocycles. The molecular formula is C13H24N4O. The Balaban J connectivity index is 2.34. The Morgan fingerprint density at radius 3 is 2.78 bits per heavy atom. The lowest BCUT2D eigenvalue weighted by atomic mass is 9.94. The summed E-state index contributed by atoms with van der Waals surface area (Å²) in [5.41, 5.74) is 6.69. The van der Waals surface area contributed by atoms with Crippen molar-refractivity contribution in [2.45, 2.75) is 33.2 Å². The van der Waals surface area contributed by atoms with Crippen molar-refractivity contribution < 1.29 is 4.79 Å². The Morgan fingerprint density at radius 2 is 2.28 bits per heavy atom. The maximum absolute atomic E-state index is 11.8. The van der Waals surface area contributed by atoms with Gasteiger partial charge in [0.25, 0.3) is 0 Å². The highest BCUT2D eigenvalue weighted by atomic mass is 16.1. The molecule has 1 aromatic rings. The molecule has 0 fully saturated rings. The van der Waals surface area contributed by atoms with Gasteiger partial charge in [-0.3, -0.25) is 9.48 Å². The lowest BCUT2D eigenvalue weighted by Gasteiger charge is -2.16. The average Bonchev–Trinajstić information content (AvgIpc) is 2.70. The zero-order chi connectivity index (χ0) is 13.5. The second kappa shape index (κ2) is 7.16. The number of aryl methyl sites for hydroxylation is 1. The molecule has 0 spiro atoms. The van der Waals surface area contributed by atoms with E-state index in [1.54, 1.807) is 10.9 Å². The fraction of sp³-hybridized carbons (Fsp3) is 0.692. The third-order valence-electron chi connectivity index (χ3n) is 3.00. The van der Waals surface area contributed by atoms with Gasteiger partial charge in [0.1, 0.15) is 0 Å². The van der Waals surface area contributed by atoms with E-state index in [2.05, 4.69) is 24.3 Å². The molecule has 1 heterocycles. The normalized spacial score (nSPS) is 12.7. The first-order valence-electron chi connectivity index (χ1n) is 6.46. The van der Waals surface area contributed by atoms with E-state index in [4.69, 9.17) is 5.73 Å². The highest BCUT2D eigenvalue weighted by Crippen LogP contribution is 2.14. The number of nitrogens with two attached hydrogens (primary N) is 1. The van der Waals surface area contributed by atoms with Crippen molar-refractivity contribution in [1.29, 1.82) is 0 Å². The van der Waals surface area contributed by atoms with Crippen LogP contribution in [0, 0.1) is 11.8 Å². The molecule has 0 bridgehead atoms. The van der Waals surface area contributed by atoms with Crippen LogP contribution < -0.4 is 11.1 Å². The second-order valence-corrected chi connectivity index (χ2v) is 5.16. The number of nitrogens with one attached hydrogen (secondary N) is 1. The highest BCUT2D eigenvalue weighted by Gasteiger charge is 2.14. The van der Waals surface area contributed by atoms with E-state index >= 15 is 0 Å². The number of aromatic nitrogens is 2. The smallest absolute Gasteiger partial charge is 0.220 e. The zero-order valence-corrected chi connectivity index (χ0v) is 11.5. The van der Waals surface area contributed by atoms with E-state index in [9.17, 15) is 4.79 Å². The fourth-order valence-corrected chi connectivity index (χ4v) is 2.03. The summed E-state index contributed by atoms with van der Waals surface area (Å²) in [5.74, 6) is 0.910. The number of carbonyl (C=O) groups excluding carboxylic acids is 1. The molecule has 5 heteroatoms. The van der Waals surface area contributed by atoms with Gasteiger partial charge in [0.2, 0.25) is 5.91 Å². The van der Waals surface area contributed by atoms with Crippen LogP contribution in [0.3, 0.4) is 0 Å². The quantitative estimate of drug-likeness (QED) is 0.761. The highest BCUT2D eigenvalue weighted by molar-refractivity contribution is 5.76. The summed E-state index contributed by atoms with van der Waals surface area (Å²) in [6.45, 7) is 5.39. The molecular weight excluding hydrogens is 228 g/mol. The first-order chi connectivity index (χ1) is 8.52. The number of rotatable bonds is 7. The Morgan fingerprint density at radius 1 is 1.56 bits per heavy atom. The first-order valence-corrected chi connectivity index (χ1v) is 6.46. The molecule has 3 N–H and O–H groups in total. The van der Waals surface area contributed by atoms with Gasteiger partial charge in [0, 0.05) is 19.7 Å². The number of amides is 1. The van der Waals surface area contributed by atoms with Crippen molar-refractivity contribution in [2.24, 2.45) is 24.6 Å². The molecule has 0 aliphatic carbocycles.